The average molecular weight is 450 g/mol. The molecule has 2 aromatic heterocycles. The van der Waals surface area contributed by atoms with Gasteiger partial charge in [0.1, 0.15) is 11.3 Å². The van der Waals surface area contributed by atoms with Crippen LogP contribution in [0.5, 0.6) is 5.75 Å². The molecule has 0 aliphatic rings. The smallest absolute Gasteiger partial charge is 0.239 e. The fraction of sp³-hybridized carbons (Fsp3) is 0.208. The van der Waals surface area contributed by atoms with E-state index in [1.807, 2.05) is 55.6 Å². The van der Waals surface area contributed by atoms with E-state index in [4.69, 9.17) is 9.72 Å². The molecule has 7 heteroatoms. The van der Waals surface area contributed by atoms with E-state index in [0.717, 1.165) is 38.5 Å². The minimum Gasteiger partial charge on any atom is -0.494 e. The Morgan fingerprint density at radius 3 is 2.65 bits per heavy atom. The maximum absolute atomic E-state index is 12.8. The van der Waals surface area contributed by atoms with Crippen molar-refractivity contribution in [2.45, 2.75) is 31.0 Å². The fourth-order valence-electron chi connectivity index (χ4n) is 3.22. The first-order valence-electron chi connectivity index (χ1n) is 9.89. The molecule has 0 radical (unpaired) electrons. The van der Waals surface area contributed by atoms with Gasteiger partial charge in [-0.2, -0.15) is 0 Å². The Bertz CT molecular complexity index is 1240. The summed E-state index contributed by atoms with van der Waals surface area (Å²) in [5.74, 6) is 0.626. The van der Waals surface area contributed by atoms with Crippen LogP contribution in [0.1, 0.15) is 18.1 Å². The number of amides is 1. The maximum Gasteiger partial charge on any atom is 0.239 e. The zero-order chi connectivity index (χ0) is 22.0. The van der Waals surface area contributed by atoms with Gasteiger partial charge in [0.15, 0.2) is 5.13 Å². The van der Waals surface area contributed by atoms with Gasteiger partial charge in [0.05, 0.1) is 23.1 Å². The van der Waals surface area contributed by atoms with Gasteiger partial charge in [-0.15, -0.1) is 11.3 Å². The molecule has 0 saturated carbocycles. The zero-order valence-corrected chi connectivity index (χ0v) is 19.4. The fourth-order valence-corrected chi connectivity index (χ4v) is 4.86. The molecule has 0 spiro atoms. The van der Waals surface area contributed by atoms with Crippen molar-refractivity contribution in [1.29, 1.82) is 0 Å². The van der Waals surface area contributed by atoms with Gasteiger partial charge < -0.3 is 10.1 Å². The van der Waals surface area contributed by atoms with Gasteiger partial charge in [-0.1, -0.05) is 53.7 Å². The van der Waals surface area contributed by atoms with Crippen molar-refractivity contribution in [2.75, 3.05) is 12.4 Å². The molecule has 1 N–H and O–H groups in total. The standard InChI is InChI=1S/C24H23N3O2S2/c1-14-8-10-17(11-9-14)19-13-30-24(25-19)27-23(28)16(3)31-21-12-15(2)18-6-5-7-20(29-4)22(18)26-21/h5-13,16H,1-4H3,(H,25,27,28). The van der Waals surface area contributed by atoms with Gasteiger partial charge in [-0.3, -0.25) is 4.79 Å². The number of aryl methyl sites for hydroxylation is 2. The number of ether oxygens (including phenoxy) is 1. The van der Waals surface area contributed by atoms with Gasteiger partial charge in [0.25, 0.3) is 0 Å². The van der Waals surface area contributed by atoms with Gasteiger partial charge in [0, 0.05) is 16.3 Å². The predicted octanol–water partition coefficient (Wildman–Crippen LogP) is 6.10. The second-order valence-electron chi connectivity index (χ2n) is 7.29. The maximum atomic E-state index is 12.8. The van der Waals surface area contributed by atoms with Crippen LogP contribution >= 0.6 is 23.1 Å². The minimum atomic E-state index is -0.328. The van der Waals surface area contributed by atoms with Crippen LogP contribution in [-0.2, 0) is 4.79 Å². The Morgan fingerprint density at radius 2 is 1.90 bits per heavy atom. The van der Waals surface area contributed by atoms with Gasteiger partial charge >= 0.3 is 0 Å². The highest BCUT2D eigenvalue weighted by Crippen LogP contribution is 2.32. The second kappa shape index (κ2) is 9.08. The van der Waals surface area contributed by atoms with E-state index in [2.05, 4.69) is 29.4 Å². The number of para-hydroxylation sites is 1. The number of carbonyl (C=O) groups excluding carboxylic acids is 1. The number of thiazole rings is 1. The summed E-state index contributed by atoms with van der Waals surface area (Å²) in [5, 5.41) is 6.99. The Labute approximate surface area is 189 Å². The monoisotopic (exact) mass is 449 g/mol. The Kier molecular flexibility index (Phi) is 6.25. The lowest BCUT2D eigenvalue weighted by atomic mass is 10.1. The number of hydrogen-bond donors (Lipinski definition) is 1. The molecule has 0 fully saturated rings. The van der Waals surface area contributed by atoms with E-state index < -0.39 is 0 Å². The van der Waals surface area contributed by atoms with Crippen molar-refractivity contribution >= 4 is 45.0 Å². The topological polar surface area (TPSA) is 64.1 Å². The highest BCUT2D eigenvalue weighted by molar-refractivity contribution is 8.00. The number of benzene rings is 2. The summed E-state index contributed by atoms with van der Waals surface area (Å²) >= 11 is 2.85. The normalized spacial score (nSPS) is 12.0. The number of nitrogens with zero attached hydrogens (tertiary/aromatic N) is 2. The molecule has 2 aromatic carbocycles. The Hall–Kier alpha value is -2.90. The molecule has 1 unspecified atom stereocenters. The summed E-state index contributed by atoms with van der Waals surface area (Å²) in [5.41, 5.74) is 5.01. The third-order valence-electron chi connectivity index (χ3n) is 4.95. The van der Waals surface area contributed by atoms with Crippen LogP contribution in [0.3, 0.4) is 0 Å². The summed E-state index contributed by atoms with van der Waals surface area (Å²) in [7, 11) is 1.64. The van der Waals surface area contributed by atoms with E-state index in [-0.39, 0.29) is 11.2 Å². The lowest BCUT2D eigenvalue weighted by molar-refractivity contribution is -0.115. The number of pyridine rings is 1. The van der Waals surface area contributed by atoms with Crippen LogP contribution < -0.4 is 10.1 Å². The SMILES string of the molecule is COc1cccc2c(C)cc(SC(C)C(=O)Nc3nc(-c4ccc(C)cc4)cs3)nc12. The van der Waals surface area contributed by atoms with Gasteiger partial charge in [-0.05, 0) is 38.5 Å². The van der Waals surface area contributed by atoms with Gasteiger partial charge in [-0.25, -0.2) is 9.97 Å². The molecular weight excluding hydrogens is 426 g/mol. The number of rotatable bonds is 6. The summed E-state index contributed by atoms with van der Waals surface area (Å²) in [6.07, 6.45) is 0. The van der Waals surface area contributed by atoms with E-state index in [1.54, 1.807) is 7.11 Å². The number of carbonyl (C=O) groups is 1. The predicted molar refractivity (Wildman–Crippen MR) is 129 cm³/mol. The number of methoxy groups -OCH3 is 1. The lowest BCUT2D eigenvalue weighted by Crippen LogP contribution is -2.22. The number of aromatic nitrogens is 2. The molecule has 1 atom stereocenters. The Morgan fingerprint density at radius 1 is 1.13 bits per heavy atom. The number of fused-ring (bicyclic) bond motifs is 1. The quantitative estimate of drug-likeness (QED) is 0.360. The third-order valence-corrected chi connectivity index (χ3v) is 6.73. The second-order valence-corrected chi connectivity index (χ2v) is 9.51. The van der Waals surface area contributed by atoms with E-state index >= 15 is 0 Å². The van der Waals surface area contributed by atoms with Crippen molar-refractivity contribution in [3.63, 3.8) is 0 Å². The van der Waals surface area contributed by atoms with Crippen LogP contribution in [0.2, 0.25) is 0 Å². The highest BCUT2D eigenvalue weighted by Gasteiger charge is 2.18. The largest absolute Gasteiger partial charge is 0.494 e. The lowest BCUT2D eigenvalue weighted by Gasteiger charge is -2.13. The van der Waals surface area contributed by atoms with Crippen molar-refractivity contribution in [3.05, 3.63) is 65.0 Å². The van der Waals surface area contributed by atoms with Crippen molar-refractivity contribution in [1.82, 2.24) is 9.97 Å². The Balaban J connectivity index is 1.47. The first-order chi connectivity index (χ1) is 14.9. The molecule has 2 heterocycles. The average Bonchev–Trinajstić information content (AvgIpc) is 3.22. The van der Waals surface area contributed by atoms with Crippen molar-refractivity contribution in [3.8, 4) is 17.0 Å². The minimum absolute atomic E-state index is 0.102. The molecule has 0 aliphatic carbocycles. The van der Waals surface area contributed by atoms with E-state index in [1.165, 1.54) is 28.7 Å². The van der Waals surface area contributed by atoms with Gasteiger partial charge in [0.2, 0.25) is 5.91 Å². The van der Waals surface area contributed by atoms with E-state index in [9.17, 15) is 4.79 Å². The molecule has 1 amide bonds. The summed E-state index contributed by atoms with van der Waals surface area (Å²) < 4.78 is 5.46. The van der Waals surface area contributed by atoms with E-state index in [0.29, 0.717) is 5.13 Å². The van der Waals surface area contributed by atoms with Crippen molar-refractivity contribution < 1.29 is 9.53 Å². The molecule has 0 bridgehead atoms. The molecular formula is C24H23N3O2S2. The van der Waals surface area contributed by atoms with Crippen molar-refractivity contribution in [2.24, 2.45) is 0 Å². The molecule has 0 aliphatic heterocycles. The van der Waals surface area contributed by atoms with Crippen LogP contribution in [0.4, 0.5) is 5.13 Å². The number of thioether (sulfide) groups is 1. The highest BCUT2D eigenvalue weighted by atomic mass is 32.2. The molecule has 158 valence electrons. The summed E-state index contributed by atoms with van der Waals surface area (Å²) in [6, 6.07) is 16.1. The number of anilines is 1. The summed E-state index contributed by atoms with van der Waals surface area (Å²) in [6.45, 7) is 5.97. The number of hydrogen-bond acceptors (Lipinski definition) is 6. The van der Waals surface area contributed by atoms with Crippen LogP contribution in [0.25, 0.3) is 22.2 Å². The molecule has 31 heavy (non-hydrogen) atoms. The zero-order valence-electron chi connectivity index (χ0n) is 17.8. The van der Waals surface area contributed by atoms with Crippen LogP contribution in [0, 0.1) is 13.8 Å². The third kappa shape index (κ3) is 4.73. The summed E-state index contributed by atoms with van der Waals surface area (Å²) in [4.78, 5) is 22.1. The van der Waals surface area contributed by atoms with Crippen LogP contribution in [-0.4, -0.2) is 28.2 Å². The molecule has 4 aromatic rings. The first-order valence-corrected chi connectivity index (χ1v) is 11.6. The molecule has 0 saturated heterocycles. The first kappa shape index (κ1) is 21.3. The van der Waals surface area contributed by atoms with Crippen LogP contribution in [0.15, 0.2) is 58.9 Å². The molecule has 5 nitrogen and oxygen atoms in total. The number of nitrogens with one attached hydrogen (secondary N) is 1. The molecule has 4 rings (SSSR count).